The molecule has 0 aromatic carbocycles. The fourth-order valence-corrected chi connectivity index (χ4v) is 5.38. The zero-order valence-electron chi connectivity index (χ0n) is 10.8. The Kier molecular flexibility index (Phi) is 3.25. The third kappa shape index (κ3) is 2.24. The molecule has 19 heavy (non-hydrogen) atoms. The molecule has 1 aromatic heterocycles. The van der Waals surface area contributed by atoms with E-state index in [4.69, 9.17) is 0 Å². The van der Waals surface area contributed by atoms with E-state index >= 15 is 0 Å². The molecular formula is C14H16FNO2S. The Hall–Kier alpha value is -1.10. The van der Waals surface area contributed by atoms with E-state index in [9.17, 15) is 13.4 Å². The molecule has 0 saturated carbocycles. The number of aromatic nitrogens is 1. The number of halogens is 1. The Morgan fingerprint density at radius 1 is 1.32 bits per heavy atom. The van der Waals surface area contributed by atoms with E-state index in [2.05, 4.69) is 4.98 Å². The molecule has 102 valence electrons. The van der Waals surface area contributed by atoms with Gasteiger partial charge in [0.25, 0.3) is 0 Å². The summed E-state index contributed by atoms with van der Waals surface area (Å²) >= 11 is 0. The van der Waals surface area contributed by atoms with E-state index in [-0.39, 0.29) is 22.2 Å². The van der Waals surface area contributed by atoms with E-state index in [1.165, 1.54) is 12.1 Å². The topological polar surface area (TPSA) is 47.0 Å². The second kappa shape index (κ2) is 4.78. The van der Waals surface area contributed by atoms with Gasteiger partial charge in [-0.1, -0.05) is 0 Å². The number of ketones is 1. The lowest BCUT2D eigenvalue weighted by Gasteiger charge is -2.26. The Balaban J connectivity index is 1.83. The van der Waals surface area contributed by atoms with Crippen molar-refractivity contribution in [2.75, 3.05) is 0 Å². The Morgan fingerprint density at radius 3 is 2.53 bits per heavy atom. The van der Waals surface area contributed by atoms with Gasteiger partial charge < -0.3 is 0 Å². The van der Waals surface area contributed by atoms with Crippen LogP contribution in [0.1, 0.15) is 41.7 Å². The first-order chi connectivity index (χ1) is 9.06. The number of rotatable bonds is 2. The van der Waals surface area contributed by atoms with Crippen LogP contribution in [0.4, 0.5) is 4.39 Å². The molecule has 0 amide bonds. The normalized spacial score (nSPS) is 33.4. The molecule has 2 fully saturated rings. The molecule has 0 spiro atoms. The van der Waals surface area contributed by atoms with Crippen molar-refractivity contribution in [2.24, 2.45) is 5.92 Å². The van der Waals surface area contributed by atoms with Gasteiger partial charge in [-0.05, 0) is 44.7 Å². The zero-order chi connectivity index (χ0) is 13.6. The van der Waals surface area contributed by atoms with Crippen molar-refractivity contribution in [2.45, 2.75) is 43.1 Å². The van der Waals surface area contributed by atoms with Gasteiger partial charge in [0.1, 0.15) is 0 Å². The maximum Gasteiger partial charge on any atom is 0.213 e. The highest BCUT2D eigenvalue weighted by atomic mass is 32.2. The van der Waals surface area contributed by atoms with Crippen molar-refractivity contribution in [3.8, 4) is 0 Å². The first-order valence-electron chi connectivity index (χ1n) is 6.63. The SMILES string of the molecule is Cc1nc(F)ccc1C(=O)C1CC2CCC(C1)S2=O. The van der Waals surface area contributed by atoms with Crippen LogP contribution in [0.2, 0.25) is 0 Å². The van der Waals surface area contributed by atoms with Gasteiger partial charge in [0.05, 0.1) is 5.69 Å². The maximum absolute atomic E-state index is 13.0. The zero-order valence-corrected chi connectivity index (χ0v) is 11.6. The fraction of sp³-hybridized carbons (Fsp3) is 0.571. The van der Waals surface area contributed by atoms with Crippen molar-refractivity contribution in [1.82, 2.24) is 4.98 Å². The van der Waals surface area contributed by atoms with Gasteiger partial charge in [-0.25, -0.2) is 4.98 Å². The monoisotopic (exact) mass is 281 g/mol. The van der Waals surface area contributed by atoms with Crippen molar-refractivity contribution in [3.63, 3.8) is 0 Å². The van der Waals surface area contributed by atoms with Crippen LogP contribution in [0.3, 0.4) is 0 Å². The largest absolute Gasteiger partial charge is 0.294 e. The minimum atomic E-state index is -0.749. The van der Waals surface area contributed by atoms with Crippen LogP contribution in [-0.4, -0.2) is 25.5 Å². The Morgan fingerprint density at radius 2 is 1.95 bits per heavy atom. The summed E-state index contributed by atoms with van der Waals surface area (Å²) in [5.74, 6) is -0.585. The maximum atomic E-state index is 13.0. The van der Waals surface area contributed by atoms with Crippen LogP contribution in [0.5, 0.6) is 0 Å². The predicted molar refractivity (Wildman–Crippen MR) is 70.9 cm³/mol. The highest BCUT2D eigenvalue weighted by Crippen LogP contribution is 2.39. The molecule has 2 atom stereocenters. The van der Waals surface area contributed by atoms with Gasteiger partial charge in [-0.15, -0.1) is 0 Å². The van der Waals surface area contributed by atoms with Crippen LogP contribution in [-0.2, 0) is 10.8 Å². The number of Topliss-reactive ketones (excluding diaryl/α,β-unsaturated/α-hetero) is 1. The number of pyridine rings is 1. The second-order valence-electron chi connectivity index (χ2n) is 5.45. The molecule has 3 rings (SSSR count). The molecule has 0 radical (unpaired) electrons. The Labute approximate surface area is 114 Å². The van der Waals surface area contributed by atoms with E-state index in [1.54, 1.807) is 6.92 Å². The minimum absolute atomic E-state index is 0.0404. The first-order valence-corrected chi connectivity index (χ1v) is 7.90. The number of hydrogen-bond acceptors (Lipinski definition) is 3. The molecule has 2 aliphatic heterocycles. The number of nitrogens with zero attached hydrogens (tertiary/aromatic N) is 1. The average Bonchev–Trinajstić information content (AvgIpc) is 2.61. The van der Waals surface area contributed by atoms with Crippen molar-refractivity contribution in [1.29, 1.82) is 0 Å². The predicted octanol–water partition coefficient (Wildman–Crippen LogP) is 2.40. The number of carbonyl (C=O) groups excluding carboxylic acids is 1. The summed E-state index contributed by atoms with van der Waals surface area (Å²) in [6.45, 7) is 1.66. The highest BCUT2D eigenvalue weighted by Gasteiger charge is 2.43. The van der Waals surface area contributed by atoms with E-state index in [0.717, 1.165) is 12.8 Å². The summed E-state index contributed by atoms with van der Waals surface area (Å²) in [4.78, 5) is 16.2. The third-order valence-electron chi connectivity index (χ3n) is 4.25. The number of hydrogen-bond donors (Lipinski definition) is 0. The molecule has 5 heteroatoms. The molecule has 3 heterocycles. The molecule has 2 saturated heterocycles. The Bertz CT molecular complexity index is 544. The van der Waals surface area contributed by atoms with Gasteiger partial charge in [-0.2, -0.15) is 4.39 Å². The summed E-state index contributed by atoms with van der Waals surface area (Å²) in [5, 5.41) is 0.364. The lowest BCUT2D eigenvalue weighted by atomic mass is 9.90. The number of fused-ring (bicyclic) bond motifs is 2. The quantitative estimate of drug-likeness (QED) is 0.618. The number of carbonyl (C=O) groups is 1. The van der Waals surface area contributed by atoms with Crippen LogP contribution in [0.15, 0.2) is 12.1 Å². The van der Waals surface area contributed by atoms with E-state index in [0.29, 0.717) is 24.1 Å². The van der Waals surface area contributed by atoms with Crippen molar-refractivity contribution in [3.05, 3.63) is 29.3 Å². The molecule has 2 aliphatic rings. The van der Waals surface area contributed by atoms with Crippen LogP contribution < -0.4 is 0 Å². The third-order valence-corrected chi connectivity index (χ3v) is 6.42. The van der Waals surface area contributed by atoms with Gasteiger partial charge in [0.2, 0.25) is 5.95 Å². The van der Waals surface area contributed by atoms with Crippen LogP contribution in [0.25, 0.3) is 0 Å². The molecule has 2 bridgehead atoms. The van der Waals surface area contributed by atoms with Crippen molar-refractivity contribution >= 4 is 16.6 Å². The fourth-order valence-electron chi connectivity index (χ4n) is 3.26. The van der Waals surface area contributed by atoms with Crippen LogP contribution in [0, 0.1) is 18.8 Å². The molecule has 3 nitrogen and oxygen atoms in total. The second-order valence-corrected chi connectivity index (χ2v) is 7.44. The average molecular weight is 281 g/mol. The molecule has 1 aromatic rings. The lowest BCUT2D eigenvalue weighted by Crippen LogP contribution is -2.32. The minimum Gasteiger partial charge on any atom is -0.294 e. The first kappa shape index (κ1) is 12.9. The van der Waals surface area contributed by atoms with Gasteiger partial charge >= 0.3 is 0 Å². The summed E-state index contributed by atoms with van der Waals surface area (Å²) in [5.41, 5.74) is 0.961. The van der Waals surface area contributed by atoms with Gasteiger partial charge in [0.15, 0.2) is 5.78 Å². The molecule has 2 unspecified atom stereocenters. The summed E-state index contributed by atoms with van der Waals surface area (Å²) in [6.07, 6.45) is 3.36. The van der Waals surface area contributed by atoms with E-state index in [1.807, 2.05) is 0 Å². The molecule has 0 aliphatic carbocycles. The van der Waals surface area contributed by atoms with Crippen molar-refractivity contribution < 1.29 is 13.4 Å². The molecular weight excluding hydrogens is 265 g/mol. The smallest absolute Gasteiger partial charge is 0.213 e. The summed E-state index contributed by atoms with van der Waals surface area (Å²) < 4.78 is 24.9. The summed E-state index contributed by atoms with van der Waals surface area (Å²) in [7, 11) is -0.749. The standard InChI is InChI=1S/C14H16FNO2S/c1-8-12(4-5-13(15)16-8)14(17)9-6-10-2-3-11(7-9)19(10)18/h4-5,9-11H,2-3,6-7H2,1H3. The lowest BCUT2D eigenvalue weighted by molar-refractivity contribution is 0.0905. The number of aryl methyl sites for hydroxylation is 1. The van der Waals surface area contributed by atoms with E-state index < -0.39 is 16.7 Å². The van der Waals surface area contributed by atoms with Gasteiger partial charge in [0, 0.05) is 32.8 Å². The summed E-state index contributed by atoms with van der Waals surface area (Å²) in [6, 6.07) is 2.75. The molecule has 0 N–H and O–H groups in total. The highest BCUT2D eigenvalue weighted by molar-refractivity contribution is 7.86. The van der Waals surface area contributed by atoms with Crippen LogP contribution >= 0.6 is 0 Å². The van der Waals surface area contributed by atoms with Gasteiger partial charge in [-0.3, -0.25) is 9.00 Å².